The SMILES string of the molecule is Cc1cccc(C(=O)O)c1N(CCC(C)C)C1CC1. The number of carboxylic acids is 1. The molecule has 1 N–H and O–H groups in total. The van der Waals surface area contributed by atoms with Crippen LogP contribution in [-0.2, 0) is 0 Å². The summed E-state index contributed by atoms with van der Waals surface area (Å²) in [7, 11) is 0. The number of rotatable bonds is 6. The van der Waals surface area contributed by atoms with Crippen molar-refractivity contribution < 1.29 is 9.90 Å². The van der Waals surface area contributed by atoms with Crippen LogP contribution >= 0.6 is 0 Å². The van der Waals surface area contributed by atoms with Gasteiger partial charge in [-0.1, -0.05) is 26.0 Å². The van der Waals surface area contributed by atoms with Crippen LogP contribution in [0.15, 0.2) is 18.2 Å². The number of carboxylic acid groups (broad SMARTS) is 1. The van der Waals surface area contributed by atoms with Crippen LogP contribution < -0.4 is 4.90 Å². The Morgan fingerprint density at radius 2 is 2.11 bits per heavy atom. The first-order valence-corrected chi connectivity index (χ1v) is 7.10. The fraction of sp³-hybridized carbons (Fsp3) is 0.562. The molecule has 1 aromatic rings. The number of nitrogens with zero attached hydrogens (tertiary/aromatic N) is 1. The molecule has 1 aliphatic rings. The maximum absolute atomic E-state index is 11.4. The van der Waals surface area contributed by atoms with E-state index in [2.05, 4.69) is 18.7 Å². The number of anilines is 1. The van der Waals surface area contributed by atoms with Crippen molar-refractivity contribution in [2.24, 2.45) is 5.92 Å². The average Bonchev–Trinajstić information content (AvgIpc) is 3.14. The van der Waals surface area contributed by atoms with Gasteiger partial charge >= 0.3 is 5.97 Å². The van der Waals surface area contributed by atoms with Gasteiger partial charge in [0.15, 0.2) is 0 Å². The maximum Gasteiger partial charge on any atom is 0.337 e. The molecule has 19 heavy (non-hydrogen) atoms. The summed E-state index contributed by atoms with van der Waals surface area (Å²) < 4.78 is 0. The maximum atomic E-state index is 11.4. The number of aromatic carboxylic acids is 1. The summed E-state index contributed by atoms with van der Waals surface area (Å²) >= 11 is 0. The summed E-state index contributed by atoms with van der Waals surface area (Å²) in [5, 5.41) is 9.39. The summed E-state index contributed by atoms with van der Waals surface area (Å²) in [4.78, 5) is 13.8. The minimum absolute atomic E-state index is 0.440. The lowest BCUT2D eigenvalue weighted by molar-refractivity contribution is 0.0697. The zero-order chi connectivity index (χ0) is 14.0. The number of hydrogen-bond acceptors (Lipinski definition) is 2. The zero-order valence-electron chi connectivity index (χ0n) is 12.0. The van der Waals surface area contributed by atoms with Crippen LogP contribution in [-0.4, -0.2) is 23.7 Å². The fourth-order valence-electron chi connectivity index (χ4n) is 2.47. The standard InChI is InChI=1S/C16H23NO2/c1-11(2)9-10-17(13-7-8-13)15-12(3)5-4-6-14(15)16(18)19/h4-6,11,13H,7-10H2,1-3H3,(H,18,19). The van der Waals surface area contributed by atoms with Crippen molar-refractivity contribution in [1.82, 2.24) is 0 Å². The highest BCUT2D eigenvalue weighted by Crippen LogP contribution is 2.36. The van der Waals surface area contributed by atoms with E-state index in [1.54, 1.807) is 6.07 Å². The van der Waals surface area contributed by atoms with Gasteiger partial charge in [-0.2, -0.15) is 0 Å². The normalized spacial score (nSPS) is 14.7. The lowest BCUT2D eigenvalue weighted by Crippen LogP contribution is -2.30. The van der Waals surface area contributed by atoms with Crippen LogP contribution in [0.5, 0.6) is 0 Å². The topological polar surface area (TPSA) is 40.5 Å². The first kappa shape index (κ1) is 13.9. The molecule has 0 bridgehead atoms. The summed E-state index contributed by atoms with van der Waals surface area (Å²) in [5.74, 6) is -0.188. The Balaban J connectivity index is 2.32. The third-order valence-electron chi connectivity index (χ3n) is 3.69. The van der Waals surface area contributed by atoms with Gasteiger partial charge in [-0.25, -0.2) is 4.79 Å². The molecule has 0 aromatic heterocycles. The number of benzene rings is 1. The van der Waals surface area contributed by atoms with Gasteiger partial charge in [0.05, 0.1) is 11.3 Å². The molecule has 0 amide bonds. The van der Waals surface area contributed by atoms with Gasteiger partial charge in [-0.15, -0.1) is 0 Å². The van der Waals surface area contributed by atoms with E-state index in [4.69, 9.17) is 0 Å². The Labute approximate surface area is 115 Å². The van der Waals surface area contributed by atoms with Crippen molar-refractivity contribution in [1.29, 1.82) is 0 Å². The lowest BCUT2D eigenvalue weighted by Gasteiger charge is -2.28. The predicted octanol–water partition coefficient (Wildman–Crippen LogP) is 3.71. The molecule has 1 saturated carbocycles. The summed E-state index contributed by atoms with van der Waals surface area (Å²) in [6, 6.07) is 6.09. The van der Waals surface area contributed by atoms with Gasteiger partial charge in [0.25, 0.3) is 0 Å². The van der Waals surface area contributed by atoms with Crippen molar-refractivity contribution >= 4 is 11.7 Å². The Hall–Kier alpha value is -1.51. The van der Waals surface area contributed by atoms with Crippen LogP contribution in [0.2, 0.25) is 0 Å². The van der Waals surface area contributed by atoms with Crippen LogP contribution in [0.25, 0.3) is 0 Å². The Morgan fingerprint density at radius 3 is 2.63 bits per heavy atom. The van der Waals surface area contributed by atoms with Gasteiger partial charge in [-0.05, 0) is 43.7 Å². The highest BCUT2D eigenvalue weighted by molar-refractivity contribution is 5.95. The Morgan fingerprint density at radius 1 is 1.42 bits per heavy atom. The smallest absolute Gasteiger partial charge is 0.337 e. The average molecular weight is 261 g/mol. The van der Waals surface area contributed by atoms with E-state index < -0.39 is 5.97 Å². The molecule has 0 aliphatic heterocycles. The molecule has 0 saturated heterocycles. The van der Waals surface area contributed by atoms with E-state index >= 15 is 0 Å². The van der Waals surface area contributed by atoms with Crippen molar-refractivity contribution in [3.05, 3.63) is 29.3 Å². The highest BCUT2D eigenvalue weighted by Gasteiger charge is 2.32. The van der Waals surface area contributed by atoms with Gasteiger partial charge in [0.1, 0.15) is 0 Å². The number of carbonyl (C=O) groups is 1. The number of aryl methyl sites for hydroxylation is 1. The third kappa shape index (κ3) is 3.28. The molecular formula is C16H23NO2. The second kappa shape index (κ2) is 5.64. The van der Waals surface area contributed by atoms with Gasteiger partial charge in [-0.3, -0.25) is 0 Å². The molecule has 3 nitrogen and oxygen atoms in total. The minimum Gasteiger partial charge on any atom is -0.478 e. The van der Waals surface area contributed by atoms with E-state index in [-0.39, 0.29) is 0 Å². The van der Waals surface area contributed by atoms with Crippen molar-refractivity contribution in [2.45, 2.75) is 46.1 Å². The van der Waals surface area contributed by atoms with E-state index in [0.717, 1.165) is 24.2 Å². The number of para-hydroxylation sites is 1. The molecule has 0 spiro atoms. The predicted molar refractivity (Wildman–Crippen MR) is 78.0 cm³/mol. The molecule has 0 radical (unpaired) electrons. The van der Waals surface area contributed by atoms with E-state index in [1.807, 2.05) is 19.1 Å². The molecule has 0 atom stereocenters. The Kier molecular flexibility index (Phi) is 4.13. The summed E-state index contributed by atoms with van der Waals surface area (Å²) in [5.41, 5.74) is 2.43. The Bertz CT molecular complexity index is 464. The quantitative estimate of drug-likeness (QED) is 0.848. The van der Waals surface area contributed by atoms with Crippen LogP contribution in [0.1, 0.15) is 49.0 Å². The minimum atomic E-state index is -0.825. The molecule has 1 aromatic carbocycles. The molecule has 0 unspecified atom stereocenters. The fourth-order valence-corrected chi connectivity index (χ4v) is 2.47. The zero-order valence-corrected chi connectivity index (χ0v) is 12.0. The highest BCUT2D eigenvalue weighted by atomic mass is 16.4. The van der Waals surface area contributed by atoms with Crippen LogP contribution in [0, 0.1) is 12.8 Å². The van der Waals surface area contributed by atoms with E-state index in [1.165, 1.54) is 12.8 Å². The molecule has 3 heteroatoms. The second-order valence-electron chi connectivity index (χ2n) is 5.88. The molecule has 1 fully saturated rings. The number of hydrogen-bond donors (Lipinski definition) is 1. The van der Waals surface area contributed by atoms with Crippen LogP contribution in [0.3, 0.4) is 0 Å². The lowest BCUT2D eigenvalue weighted by atomic mass is 10.0. The van der Waals surface area contributed by atoms with Crippen molar-refractivity contribution in [3.63, 3.8) is 0 Å². The first-order valence-electron chi connectivity index (χ1n) is 7.10. The second-order valence-corrected chi connectivity index (χ2v) is 5.88. The van der Waals surface area contributed by atoms with Gasteiger partial charge in [0, 0.05) is 12.6 Å². The van der Waals surface area contributed by atoms with Crippen LogP contribution in [0.4, 0.5) is 5.69 Å². The first-order chi connectivity index (χ1) is 9.00. The van der Waals surface area contributed by atoms with E-state index in [0.29, 0.717) is 17.5 Å². The molecule has 104 valence electrons. The van der Waals surface area contributed by atoms with Crippen molar-refractivity contribution in [3.8, 4) is 0 Å². The van der Waals surface area contributed by atoms with Crippen molar-refractivity contribution in [2.75, 3.05) is 11.4 Å². The summed E-state index contributed by atoms with van der Waals surface area (Å²) in [6.45, 7) is 7.38. The third-order valence-corrected chi connectivity index (χ3v) is 3.69. The molecular weight excluding hydrogens is 238 g/mol. The molecule has 1 aliphatic carbocycles. The molecule has 0 heterocycles. The monoisotopic (exact) mass is 261 g/mol. The largest absolute Gasteiger partial charge is 0.478 e. The molecule has 2 rings (SSSR count). The summed E-state index contributed by atoms with van der Waals surface area (Å²) in [6.07, 6.45) is 3.47. The van der Waals surface area contributed by atoms with E-state index in [9.17, 15) is 9.90 Å². The van der Waals surface area contributed by atoms with Gasteiger partial charge < -0.3 is 10.0 Å². The van der Waals surface area contributed by atoms with Gasteiger partial charge in [0.2, 0.25) is 0 Å².